The molecule has 0 aromatic heterocycles. The number of hydrogen-bond donors (Lipinski definition) is 2. The van der Waals surface area contributed by atoms with Crippen molar-refractivity contribution in [1.29, 1.82) is 0 Å². The van der Waals surface area contributed by atoms with Gasteiger partial charge in [0.2, 0.25) is 0 Å². The highest BCUT2D eigenvalue weighted by molar-refractivity contribution is 5.99. The number of fused-ring (bicyclic) bond motifs is 6. The van der Waals surface area contributed by atoms with Crippen LogP contribution in [0, 0.1) is 5.92 Å². The van der Waals surface area contributed by atoms with Crippen molar-refractivity contribution in [3.05, 3.63) is 34.9 Å². The lowest BCUT2D eigenvalue weighted by molar-refractivity contribution is 0.197. The maximum absolute atomic E-state index is 9.34. The second kappa shape index (κ2) is 7.09. The van der Waals surface area contributed by atoms with Gasteiger partial charge in [0, 0.05) is 21.9 Å². The molecule has 2 N–H and O–H groups in total. The molecular formula is C22H28O4. The van der Waals surface area contributed by atoms with Crippen molar-refractivity contribution in [2.45, 2.75) is 44.9 Å². The van der Waals surface area contributed by atoms with Crippen LogP contribution < -0.4 is 9.47 Å². The first kappa shape index (κ1) is 17.6. The zero-order valence-corrected chi connectivity index (χ0v) is 15.6. The fraction of sp³-hybridized carbons (Fsp3) is 0.545. The summed E-state index contributed by atoms with van der Waals surface area (Å²) in [7, 11) is 0. The van der Waals surface area contributed by atoms with Crippen molar-refractivity contribution in [2.75, 3.05) is 26.4 Å². The molecule has 140 valence electrons. The van der Waals surface area contributed by atoms with Gasteiger partial charge in [-0.2, -0.15) is 0 Å². The van der Waals surface area contributed by atoms with Crippen molar-refractivity contribution in [3.63, 3.8) is 0 Å². The molecule has 2 aliphatic carbocycles. The Morgan fingerprint density at radius 3 is 2.42 bits per heavy atom. The predicted octanol–water partition coefficient (Wildman–Crippen LogP) is 3.76. The van der Waals surface area contributed by atoms with E-state index in [9.17, 15) is 10.2 Å². The van der Waals surface area contributed by atoms with Gasteiger partial charge < -0.3 is 19.7 Å². The minimum atomic E-state index is 0.0101. The van der Waals surface area contributed by atoms with Crippen LogP contribution in [0.1, 0.15) is 55.2 Å². The zero-order chi connectivity index (χ0) is 18.3. The molecule has 1 fully saturated rings. The van der Waals surface area contributed by atoms with Gasteiger partial charge in [-0.15, -0.1) is 0 Å². The van der Waals surface area contributed by atoms with E-state index in [1.54, 1.807) is 0 Å². The van der Waals surface area contributed by atoms with Gasteiger partial charge in [-0.1, -0.05) is 32.0 Å². The molecule has 2 bridgehead atoms. The summed E-state index contributed by atoms with van der Waals surface area (Å²) in [6.07, 6.45) is 3.25. The van der Waals surface area contributed by atoms with Crippen LogP contribution in [0.2, 0.25) is 0 Å². The highest BCUT2D eigenvalue weighted by Crippen LogP contribution is 2.63. The monoisotopic (exact) mass is 356 g/mol. The van der Waals surface area contributed by atoms with Crippen LogP contribution in [0.15, 0.2) is 18.2 Å². The molecule has 4 rings (SSSR count). The summed E-state index contributed by atoms with van der Waals surface area (Å²) in [5, 5.41) is 20.9. The first-order valence-corrected chi connectivity index (χ1v) is 9.79. The third-order valence-electron chi connectivity index (χ3n) is 6.12. The van der Waals surface area contributed by atoms with Crippen molar-refractivity contribution in [3.8, 4) is 11.5 Å². The summed E-state index contributed by atoms with van der Waals surface area (Å²) in [5.74, 6) is 3.54. The number of ether oxygens (including phenoxy) is 2. The van der Waals surface area contributed by atoms with E-state index in [0.29, 0.717) is 31.0 Å². The third kappa shape index (κ3) is 2.58. The van der Waals surface area contributed by atoms with E-state index in [2.05, 4.69) is 32.0 Å². The van der Waals surface area contributed by atoms with Gasteiger partial charge in [-0.3, -0.25) is 0 Å². The van der Waals surface area contributed by atoms with E-state index < -0.39 is 0 Å². The topological polar surface area (TPSA) is 58.9 Å². The maximum Gasteiger partial charge on any atom is 0.131 e. The Labute approximate surface area is 154 Å². The van der Waals surface area contributed by atoms with Crippen molar-refractivity contribution in [2.24, 2.45) is 5.92 Å². The molecule has 2 aromatic carbocycles. The molecule has 0 saturated heterocycles. The molecule has 0 spiro atoms. The molecule has 4 nitrogen and oxygen atoms in total. The Hall–Kier alpha value is -1.78. The van der Waals surface area contributed by atoms with Gasteiger partial charge in [-0.25, -0.2) is 0 Å². The first-order valence-electron chi connectivity index (χ1n) is 9.79. The zero-order valence-electron chi connectivity index (χ0n) is 15.6. The number of aliphatic hydroxyl groups excluding tert-OH is 2. The number of rotatable bonds is 7. The van der Waals surface area contributed by atoms with E-state index in [0.717, 1.165) is 35.1 Å². The number of aryl methyl sites for hydroxylation is 1. The minimum Gasteiger partial charge on any atom is -0.490 e. The normalized spacial score (nSPS) is 23.5. The first-order chi connectivity index (χ1) is 12.7. The molecule has 0 aliphatic heterocycles. The Balaban J connectivity index is 2.03. The summed E-state index contributed by atoms with van der Waals surface area (Å²) in [4.78, 5) is 0. The highest BCUT2D eigenvalue weighted by Gasteiger charge is 2.46. The molecule has 1 saturated carbocycles. The molecule has 2 aromatic rings. The molecule has 0 heterocycles. The Morgan fingerprint density at radius 1 is 1.00 bits per heavy atom. The van der Waals surface area contributed by atoms with Crippen LogP contribution in [0.3, 0.4) is 0 Å². The predicted molar refractivity (Wildman–Crippen MR) is 102 cm³/mol. The van der Waals surface area contributed by atoms with E-state index >= 15 is 0 Å². The molecule has 2 aliphatic rings. The van der Waals surface area contributed by atoms with Gasteiger partial charge >= 0.3 is 0 Å². The summed E-state index contributed by atoms with van der Waals surface area (Å²) in [6, 6.07) is 6.32. The Morgan fingerprint density at radius 2 is 1.73 bits per heavy atom. The minimum absolute atomic E-state index is 0.0101. The van der Waals surface area contributed by atoms with Gasteiger partial charge in [-0.05, 0) is 42.6 Å². The Kier molecular flexibility index (Phi) is 4.80. The molecule has 0 amide bonds. The second-order valence-corrected chi connectivity index (χ2v) is 7.58. The lowest BCUT2D eigenvalue weighted by Gasteiger charge is -2.28. The second-order valence-electron chi connectivity index (χ2n) is 7.58. The van der Waals surface area contributed by atoms with E-state index in [1.807, 2.05) is 0 Å². The number of hydrogen-bond acceptors (Lipinski definition) is 4. The van der Waals surface area contributed by atoms with Crippen LogP contribution in [0.5, 0.6) is 11.5 Å². The van der Waals surface area contributed by atoms with Crippen molar-refractivity contribution < 1.29 is 19.7 Å². The van der Waals surface area contributed by atoms with Crippen LogP contribution >= 0.6 is 0 Å². The van der Waals surface area contributed by atoms with E-state index in [4.69, 9.17) is 9.47 Å². The highest BCUT2D eigenvalue weighted by atomic mass is 16.5. The lowest BCUT2D eigenvalue weighted by Crippen LogP contribution is -2.14. The standard InChI is InChI=1S/C22H28O4/c1-3-14-5-4-6-16-18(14)22(26-10-8-24)19-15-11-13(2)17(12-15)20(19)21(16)25-9-7-23/h4-6,13,15,17,23-24H,3,7-12H2,1-2H3. The number of benzene rings is 2. The third-order valence-corrected chi connectivity index (χ3v) is 6.12. The summed E-state index contributed by atoms with van der Waals surface area (Å²) in [5.41, 5.74) is 3.82. The van der Waals surface area contributed by atoms with Gasteiger partial charge in [0.15, 0.2) is 0 Å². The van der Waals surface area contributed by atoms with Crippen LogP contribution in [0.25, 0.3) is 10.8 Å². The summed E-state index contributed by atoms with van der Waals surface area (Å²) in [6.45, 7) is 5.11. The number of aliphatic hydroxyl groups is 2. The molecular weight excluding hydrogens is 328 g/mol. The van der Waals surface area contributed by atoms with Gasteiger partial charge in [0.25, 0.3) is 0 Å². The summed E-state index contributed by atoms with van der Waals surface area (Å²) < 4.78 is 12.3. The average molecular weight is 356 g/mol. The van der Waals surface area contributed by atoms with Crippen LogP contribution in [-0.2, 0) is 6.42 Å². The average Bonchev–Trinajstić information content (AvgIpc) is 3.21. The smallest absolute Gasteiger partial charge is 0.131 e. The van der Waals surface area contributed by atoms with Gasteiger partial charge in [0.05, 0.1) is 13.2 Å². The SMILES string of the molecule is CCc1cccc2c(OCCO)c3c(c(OCCO)c12)C1CC(C)C3C1. The fourth-order valence-corrected chi connectivity index (χ4v) is 5.14. The van der Waals surface area contributed by atoms with Crippen LogP contribution in [-0.4, -0.2) is 36.6 Å². The Bertz CT molecular complexity index is 814. The lowest BCUT2D eigenvalue weighted by atomic mass is 9.81. The van der Waals surface area contributed by atoms with Crippen molar-refractivity contribution >= 4 is 10.8 Å². The fourth-order valence-electron chi connectivity index (χ4n) is 5.14. The van der Waals surface area contributed by atoms with Gasteiger partial charge in [0.1, 0.15) is 24.7 Å². The molecule has 3 unspecified atom stereocenters. The van der Waals surface area contributed by atoms with Crippen molar-refractivity contribution in [1.82, 2.24) is 0 Å². The maximum atomic E-state index is 9.34. The molecule has 3 atom stereocenters. The van der Waals surface area contributed by atoms with E-state index in [1.165, 1.54) is 23.1 Å². The molecule has 0 radical (unpaired) electrons. The van der Waals surface area contributed by atoms with E-state index in [-0.39, 0.29) is 13.2 Å². The molecule has 26 heavy (non-hydrogen) atoms. The molecule has 4 heteroatoms. The largest absolute Gasteiger partial charge is 0.490 e. The quantitative estimate of drug-likeness (QED) is 0.793. The summed E-state index contributed by atoms with van der Waals surface area (Å²) >= 11 is 0. The van der Waals surface area contributed by atoms with Crippen LogP contribution in [0.4, 0.5) is 0 Å².